The van der Waals surface area contributed by atoms with Gasteiger partial charge in [-0.3, -0.25) is 0 Å². The summed E-state index contributed by atoms with van der Waals surface area (Å²) in [5.41, 5.74) is 27.8. The zero-order valence-corrected chi connectivity index (χ0v) is 56.2. The molecule has 2 aliphatic heterocycles. The van der Waals surface area contributed by atoms with E-state index in [0.717, 1.165) is 62.6 Å². The van der Waals surface area contributed by atoms with E-state index < -0.39 is 0 Å². The van der Waals surface area contributed by atoms with Crippen LogP contribution in [0.1, 0.15) is 105 Å². The number of rotatable bonds is 8. The van der Waals surface area contributed by atoms with Gasteiger partial charge in [0.2, 0.25) is 0 Å². The Hall–Kier alpha value is -10.3. The van der Waals surface area contributed by atoms with Gasteiger partial charge in [0, 0.05) is 78.4 Å². The Morgan fingerprint density at radius 2 is 0.628 bits per heavy atom. The zero-order valence-electron chi connectivity index (χ0n) is 56.2. The van der Waals surface area contributed by atoms with Crippen molar-refractivity contribution in [3.8, 4) is 22.5 Å². The maximum atomic E-state index is 2.67. The average molecular weight is 1220 g/mol. The lowest BCUT2D eigenvalue weighted by atomic mass is 9.33. The fourth-order valence-corrected chi connectivity index (χ4v) is 15.0. The quantitative estimate of drug-likeness (QED) is 0.141. The summed E-state index contributed by atoms with van der Waals surface area (Å²) in [7, 11) is 0. The van der Waals surface area contributed by atoms with E-state index in [1.165, 1.54) is 93.4 Å². The molecular weight excluding hydrogens is 1140 g/mol. The fraction of sp³-hybridized carbons (Fsp3) is 0.182. The number of benzene rings is 12. The molecule has 6 heteroatoms. The minimum atomic E-state index is -0.188. The molecule has 0 saturated heterocycles. The van der Waals surface area contributed by atoms with Crippen molar-refractivity contribution in [1.82, 2.24) is 9.13 Å². The largest absolute Gasteiger partial charge is 0.311 e. The van der Waals surface area contributed by atoms with Gasteiger partial charge in [-0.2, -0.15) is 0 Å². The molecule has 4 heterocycles. The number of nitrogens with zero attached hydrogens (tertiary/aromatic N) is 5. The number of hydrogen-bond acceptors (Lipinski definition) is 3. The van der Waals surface area contributed by atoms with Gasteiger partial charge in [0.05, 0.1) is 27.8 Å². The molecule has 0 radical (unpaired) electrons. The molecule has 0 saturated carbocycles. The minimum Gasteiger partial charge on any atom is -0.311 e. The summed E-state index contributed by atoms with van der Waals surface area (Å²) >= 11 is 0. The lowest BCUT2D eigenvalue weighted by Crippen LogP contribution is -2.61. The number of para-hydroxylation sites is 5. The first-order valence-corrected chi connectivity index (χ1v) is 33.5. The van der Waals surface area contributed by atoms with Crippen LogP contribution in [0.3, 0.4) is 0 Å². The number of anilines is 9. The lowest BCUT2D eigenvalue weighted by Gasteiger charge is -2.46. The smallest absolute Gasteiger partial charge is 0.252 e. The van der Waals surface area contributed by atoms with Crippen molar-refractivity contribution in [2.75, 3.05) is 14.7 Å². The van der Waals surface area contributed by atoms with Gasteiger partial charge >= 0.3 is 0 Å². The van der Waals surface area contributed by atoms with E-state index in [4.69, 9.17) is 0 Å². The van der Waals surface area contributed by atoms with Gasteiger partial charge in [0.15, 0.2) is 0 Å². The van der Waals surface area contributed by atoms with Crippen LogP contribution in [0.4, 0.5) is 51.2 Å². The third-order valence-electron chi connectivity index (χ3n) is 20.0. The predicted octanol–water partition coefficient (Wildman–Crippen LogP) is 22.3. The van der Waals surface area contributed by atoms with E-state index in [-0.39, 0.29) is 28.4 Å². The van der Waals surface area contributed by atoms with Crippen molar-refractivity contribution >= 4 is 118 Å². The highest BCUT2D eigenvalue weighted by Gasteiger charge is 2.45. The molecule has 460 valence electrons. The molecule has 0 aliphatic carbocycles. The predicted molar refractivity (Wildman–Crippen MR) is 404 cm³/mol. The summed E-state index contributed by atoms with van der Waals surface area (Å²) in [5, 5.41) is 4.93. The van der Waals surface area contributed by atoms with Gasteiger partial charge in [-0.05, 0) is 187 Å². The molecule has 0 N–H and O–H groups in total. The minimum absolute atomic E-state index is 0.155. The molecule has 2 aromatic heterocycles. The first kappa shape index (κ1) is 58.8. The molecule has 94 heavy (non-hydrogen) atoms. The molecule has 2 aliphatic rings. The summed E-state index contributed by atoms with van der Waals surface area (Å²) < 4.78 is 5.00. The van der Waals surface area contributed by atoms with Crippen molar-refractivity contribution in [3.63, 3.8) is 0 Å². The van der Waals surface area contributed by atoms with Crippen molar-refractivity contribution in [2.24, 2.45) is 0 Å². The normalized spacial score (nSPS) is 13.3. The Bertz CT molecular complexity index is 5160. The number of fused-ring (bicyclic) bond motifs is 10. The molecule has 16 rings (SSSR count). The first-order valence-electron chi connectivity index (χ1n) is 33.5. The van der Waals surface area contributed by atoms with E-state index in [0.29, 0.717) is 0 Å². The van der Waals surface area contributed by atoms with Crippen LogP contribution in [0.2, 0.25) is 0 Å². The Morgan fingerprint density at radius 3 is 1.03 bits per heavy atom. The molecule has 5 nitrogen and oxygen atoms in total. The molecule has 0 spiro atoms. The van der Waals surface area contributed by atoms with E-state index in [9.17, 15) is 0 Å². The molecule has 0 amide bonds. The lowest BCUT2D eigenvalue weighted by molar-refractivity contribution is 0.568. The highest BCUT2D eigenvalue weighted by atomic mass is 15.2. The fourth-order valence-electron chi connectivity index (χ4n) is 15.0. The number of hydrogen-bond donors (Lipinski definition) is 0. The third-order valence-corrected chi connectivity index (χ3v) is 20.0. The topological polar surface area (TPSA) is 19.6 Å². The van der Waals surface area contributed by atoms with Crippen molar-refractivity contribution in [1.29, 1.82) is 0 Å². The van der Waals surface area contributed by atoms with Gasteiger partial charge in [-0.1, -0.05) is 235 Å². The van der Waals surface area contributed by atoms with E-state index in [1.54, 1.807) is 0 Å². The molecule has 0 fully saturated rings. The summed E-state index contributed by atoms with van der Waals surface area (Å²) in [4.78, 5) is 7.80. The van der Waals surface area contributed by atoms with Crippen molar-refractivity contribution in [2.45, 2.75) is 105 Å². The molecule has 14 aromatic rings. The second-order valence-corrected chi connectivity index (χ2v) is 30.4. The average Bonchev–Trinajstić information content (AvgIpc) is 0.770. The van der Waals surface area contributed by atoms with Gasteiger partial charge in [-0.25, -0.2) is 0 Å². The molecule has 0 unspecified atom stereocenters. The van der Waals surface area contributed by atoms with E-state index >= 15 is 0 Å². The van der Waals surface area contributed by atoms with E-state index in [2.05, 4.69) is 374 Å². The highest BCUT2D eigenvalue weighted by Crippen LogP contribution is 2.51. The molecule has 0 bridgehead atoms. The molecule has 12 aromatic carbocycles. The van der Waals surface area contributed by atoms with Crippen LogP contribution in [0, 0.1) is 0 Å². The van der Waals surface area contributed by atoms with Crippen LogP contribution >= 0.6 is 0 Å². The Labute approximate surface area is 554 Å². The highest BCUT2D eigenvalue weighted by molar-refractivity contribution is 7.00. The van der Waals surface area contributed by atoms with Gasteiger partial charge < -0.3 is 23.8 Å². The van der Waals surface area contributed by atoms with Gasteiger partial charge in [0.1, 0.15) is 0 Å². The van der Waals surface area contributed by atoms with E-state index in [1.807, 2.05) is 0 Å². The second-order valence-electron chi connectivity index (χ2n) is 30.4. The number of aromatic nitrogens is 2. The Morgan fingerprint density at radius 1 is 0.266 bits per heavy atom. The first-order chi connectivity index (χ1) is 45.2. The standard InChI is InChI=1S/C88H80BN5/c1-85(2,3)59-47-60(86(4,5)6)50-67(49-59)93-80-53-65(91-76-37-25-22-34-70(76)71-35-23-26-38-77(71)91)41-43-74(80)89-75-44-42-66(92-78-39-27-24-36-72(78)73-46-58(40-45-79(73)92)57-28-16-13-17-29-57)54-81(75)94(68-51-61(87(7,8)9)48-62(52-68)88(10,11)12)83-56-69(55-82(93)84(83)89)90(63-30-18-14-19-31-63)64-32-20-15-21-33-64/h13-56H,1-12H3. The van der Waals surface area contributed by atoms with Crippen LogP contribution in [-0.4, -0.2) is 15.8 Å². The summed E-state index contributed by atoms with van der Waals surface area (Å²) in [6.45, 7) is 28.2. The van der Waals surface area contributed by atoms with Gasteiger partial charge in [-0.15, -0.1) is 0 Å². The van der Waals surface area contributed by atoms with Crippen LogP contribution < -0.4 is 31.1 Å². The Kier molecular flexibility index (Phi) is 13.5. The van der Waals surface area contributed by atoms with Gasteiger partial charge in [0.25, 0.3) is 6.71 Å². The maximum absolute atomic E-state index is 2.67. The second kappa shape index (κ2) is 21.6. The van der Waals surface area contributed by atoms with Crippen LogP contribution in [-0.2, 0) is 21.7 Å². The van der Waals surface area contributed by atoms with Crippen LogP contribution in [0.25, 0.3) is 66.1 Å². The Balaban J connectivity index is 1.06. The monoisotopic (exact) mass is 1220 g/mol. The maximum Gasteiger partial charge on any atom is 0.252 e. The molecule has 0 atom stereocenters. The third kappa shape index (κ3) is 9.74. The van der Waals surface area contributed by atoms with Crippen LogP contribution in [0.15, 0.2) is 267 Å². The van der Waals surface area contributed by atoms with Crippen LogP contribution in [0.5, 0.6) is 0 Å². The molecular formula is C88H80BN5. The summed E-state index contributed by atoms with van der Waals surface area (Å²) in [6.07, 6.45) is 0. The zero-order chi connectivity index (χ0) is 64.7. The SMILES string of the molecule is CC(C)(C)c1cc(N2c3cc(-n4c5ccccc5c5ccccc54)ccc3B3c4ccc(-n5c6ccccc6c6cc(-c7ccccc7)ccc65)cc4N(c4cc(C(C)(C)C)cc(C(C)(C)C)c4)c4cc(N(c5ccccc5)c5ccccc5)cc2c43)cc(C(C)(C)C)c1. The van der Waals surface area contributed by atoms with Crippen molar-refractivity contribution < 1.29 is 0 Å². The summed E-state index contributed by atoms with van der Waals surface area (Å²) in [6, 6.07) is 101. The summed E-state index contributed by atoms with van der Waals surface area (Å²) in [5.74, 6) is 0. The van der Waals surface area contributed by atoms with Crippen molar-refractivity contribution in [3.05, 3.63) is 289 Å².